The van der Waals surface area contributed by atoms with Crippen LogP contribution in [-0.2, 0) is 11.3 Å². The maximum atomic E-state index is 13.2. The van der Waals surface area contributed by atoms with E-state index in [2.05, 4.69) is 4.90 Å². The summed E-state index contributed by atoms with van der Waals surface area (Å²) >= 11 is 20.3. The third-order valence-electron chi connectivity index (χ3n) is 9.63. The molecule has 1 amide bonds. The van der Waals surface area contributed by atoms with Crippen molar-refractivity contribution in [2.75, 3.05) is 18.0 Å². The van der Waals surface area contributed by atoms with Gasteiger partial charge in [-0.3, -0.25) is 4.90 Å². The standard InChI is InChI=1S/C42H37Cl3N4O4/c1-42(2,3)53-41(50)49-27-16-17-28(49)23-48(22-27)39-32-21-37(52-36-15-8-7-13-33(36)43)30(20-35(32)46-40(45)47-39)31-19-29(51-24-25-10-5-4-6-11-25)18-26-12-9-14-34(44)38(26)31/h4-15,18-21,27-28H,16-17,22-24H2,1-3H3/t27-,28+. The zero-order valence-electron chi connectivity index (χ0n) is 29.5. The van der Waals surface area contributed by atoms with E-state index in [-0.39, 0.29) is 23.5 Å². The summed E-state index contributed by atoms with van der Waals surface area (Å²) < 4.78 is 18.8. The van der Waals surface area contributed by atoms with Crippen molar-refractivity contribution >= 4 is 68.4 Å². The number of anilines is 1. The fourth-order valence-corrected chi connectivity index (χ4v) is 8.00. The molecule has 0 unspecified atom stereocenters. The Labute approximate surface area is 323 Å². The van der Waals surface area contributed by atoms with Gasteiger partial charge < -0.3 is 19.1 Å². The largest absolute Gasteiger partial charge is 0.489 e. The van der Waals surface area contributed by atoms with Gasteiger partial charge in [-0.25, -0.2) is 9.78 Å². The lowest BCUT2D eigenvalue weighted by Gasteiger charge is -2.42. The minimum atomic E-state index is -0.580. The zero-order valence-corrected chi connectivity index (χ0v) is 31.8. The molecule has 8 nitrogen and oxygen atoms in total. The Kier molecular flexibility index (Phi) is 9.47. The minimum Gasteiger partial charge on any atom is -0.489 e. The molecule has 0 N–H and O–H groups in total. The molecule has 1 aromatic heterocycles. The Hall–Kier alpha value is -4.76. The molecule has 2 atom stereocenters. The van der Waals surface area contributed by atoms with Crippen molar-refractivity contribution < 1.29 is 19.0 Å². The van der Waals surface area contributed by atoms with Gasteiger partial charge >= 0.3 is 6.09 Å². The van der Waals surface area contributed by atoms with E-state index in [1.165, 1.54) is 0 Å². The Morgan fingerprint density at radius 2 is 1.51 bits per heavy atom. The number of rotatable bonds is 7. The number of fused-ring (bicyclic) bond motifs is 4. The van der Waals surface area contributed by atoms with E-state index in [0.717, 1.165) is 45.7 Å². The topological polar surface area (TPSA) is 77.0 Å². The first-order valence-corrected chi connectivity index (χ1v) is 18.7. The van der Waals surface area contributed by atoms with Crippen LogP contribution in [0.4, 0.5) is 10.6 Å². The Balaban J connectivity index is 1.26. The average molecular weight is 768 g/mol. The number of para-hydroxylation sites is 1. The number of ether oxygens (including phenoxy) is 3. The van der Waals surface area contributed by atoms with E-state index in [4.69, 9.17) is 59.0 Å². The molecule has 2 bridgehead atoms. The highest BCUT2D eigenvalue weighted by molar-refractivity contribution is 6.37. The summed E-state index contributed by atoms with van der Waals surface area (Å²) in [5, 5.41) is 3.64. The van der Waals surface area contributed by atoms with Crippen LogP contribution in [0, 0.1) is 0 Å². The molecule has 0 saturated carbocycles. The average Bonchev–Trinajstić information content (AvgIpc) is 3.40. The third kappa shape index (κ3) is 7.28. The van der Waals surface area contributed by atoms with Crippen LogP contribution in [0.25, 0.3) is 32.8 Å². The Morgan fingerprint density at radius 3 is 2.25 bits per heavy atom. The van der Waals surface area contributed by atoms with Crippen LogP contribution in [0.5, 0.6) is 17.2 Å². The van der Waals surface area contributed by atoms with Crippen molar-refractivity contribution in [2.24, 2.45) is 0 Å². The number of benzene rings is 5. The van der Waals surface area contributed by atoms with Crippen LogP contribution in [0.3, 0.4) is 0 Å². The lowest BCUT2D eigenvalue weighted by molar-refractivity contribution is 0.0123. The second-order valence-corrected chi connectivity index (χ2v) is 15.6. The number of piperazine rings is 1. The molecule has 2 fully saturated rings. The predicted octanol–water partition coefficient (Wildman–Crippen LogP) is 11.4. The Morgan fingerprint density at radius 1 is 0.792 bits per heavy atom. The lowest BCUT2D eigenvalue weighted by atomic mass is 9.95. The zero-order chi connectivity index (χ0) is 36.9. The number of aromatic nitrogens is 2. The van der Waals surface area contributed by atoms with Gasteiger partial charge in [0.1, 0.15) is 35.3 Å². The smallest absolute Gasteiger partial charge is 0.410 e. The van der Waals surface area contributed by atoms with E-state index in [1.807, 2.05) is 117 Å². The quantitative estimate of drug-likeness (QED) is 0.150. The molecule has 5 aromatic carbocycles. The second-order valence-electron chi connectivity index (χ2n) is 14.5. The van der Waals surface area contributed by atoms with Crippen LogP contribution in [-0.4, -0.2) is 51.7 Å². The number of nitrogens with zero attached hydrogens (tertiary/aromatic N) is 4. The van der Waals surface area contributed by atoms with E-state index in [1.54, 1.807) is 6.07 Å². The first kappa shape index (κ1) is 35.3. The van der Waals surface area contributed by atoms with Gasteiger partial charge in [0.2, 0.25) is 5.28 Å². The monoisotopic (exact) mass is 766 g/mol. The van der Waals surface area contributed by atoms with E-state index in [9.17, 15) is 4.79 Å². The second kappa shape index (κ2) is 14.2. The van der Waals surface area contributed by atoms with E-state index in [0.29, 0.717) is 58.3 Å². The number of hydrogen-bond donors (Lipinski definition) is 0. The Bertz CT molecular complexity index is 2340. The number of carbonyl (C=O) groups excluding carboxylic acids is 1. The van der Waals surface area contributed by atoms with Gasteiger partial charge in [-0.1, -0.05) is 77.8 Å². The molecule has 2 saturated heterocycles. The molecule has 0 aliphatic carbocycles. The highest BCUT2D eigenvalue weighted by atomic mass is 35.5. The van der Waals surface area contributed by atoms with Crippen molar-refractivity contribution in [2.45, 2.75) is 57.9 Å². The molecule has 270 valence electrons. The molecule has 0 spiro atoms. The molecular formula is C42H37Cl3N4O4. The lowest BCUT2D eigenvalue weighted by Crippen LogP contribution is -2.57. The van der Waals surface area contributed by atoms with Gasteiger partial charge in [-0.2, -0.15) is 4.98 Å². The number of carbonyl (C=O) groups is 1. The third-order valence-corrected chi connectivity index (χ3v) is 10.4. The van der Waals surface area contributed by atoms with Gasteiger partial charge in [0, 0.05) is 34.4 Å². The number of hydrogen-bond acceptors (Lipinski definition) is 7. The van der Waals surface area contributed by atoms with Gasteiger partial charge in [0.05, 0.1) is 22.6 Å². The summed E-state index contributed by atoms with van der Waals surface area (Å²) in [5.41, 5.74) is 2.60. The molecule has 8 rings (SSSR count). The molecule has 3 heterocycles. The van der Waals surface area contributed by atoms with E-state index >= 15 is 0 Å². The first-order chi connectivity index (χ1) is 25.5. The van der Waals surface area contributed by atoms with Crippen LogP contribution in [0.15, 0.2) is 97.1 Å². The summed E-state index contributed by atoms with van der Waals surface area (Å²) in [5.74, 6) is 2.35. The van der Waals surface area contributed by atoms with Crippen molar-refractivity contribution in [3.63, 3.8) is 0 Å². The molecule has 11 heteroatoms. The SMILES string of the molecule is CC(C)(C)OC(=O)N1[C@@H]2CC[C@H]1CN(c1nc(Cl)nc3cc(-c4cc(OCc5ccccc5)cc5cccc(Cl)c45)c(Oc4ccccc4Cl)cc13)C2. The molecule has 2 aliphatic rings. The van der Waals surface area contributed by atoms with Crippen LogP contribution >= 0.6 is 34.8 Å². The molecule has 6 aromatic rings. The van der Waals surface area contributed by atoms with Crippen molar-refractivity contribution in [1.82, 2.24) is 14.9 Å². The summed E-state index contributed by atoms with van der Waals surface area (Å²) in [6.45, 7) is 7.20. The van der Waals surface area contributed by atoms with Crippen molar-refractivity contribution in [1.29, 1.82) is 0 Å². The summed E-state index contributed by atoms with van der Waals surface area (Å²) in [7, 11) is 0. The fraction of sp³-hybridized carbons (Fsp3) is 0.262. The number of halogens is 3. The fourth-order valence-electron chi connectivity index (χ4n) is 7.37. The highest BCUT2D eigenvalue weighted by Crippen LogP contribution is 2.46. The molecule has 53 heavy (non-hydrogen) atoms. The maximum absolute atomic E-state index is 13.2. The van der Waals surface area contributed by atoms with Crippen molar-refractivity contribution in [3.05, 3.63) is 118 Å². The molecule has 2 aliphatic heterocycles. The minimum absolute atomic E-state index is 0.0300. The van der Waals surface area contributed by atoms with Gasteiger partial charge in [-0.15, -0.1) is 0 Å². The van der Waals surface area contributed by atoms with Crippen LogP contribution in [0.2, 0.25) is 15.3 Å². The maximum Gasteiger partial charge on any atom is 0.410 e. The van der Waals surface area contributed by atoms with Gasteiger partial charge in [-0.05, 0) is 104 Å². The molecular weight excluding hydrogens is 731 g/mol. The summed E-state index contributed by atoms with van der Waals surface area (Å²) in [6.07, 6.45) is 1.47. The van der Waals surface area contributed by atoms with Gasteiger partial charge in [0.15, 0.2) is 0 Å². The number of amides is 1. The van der Waals surface area contributed by atoms with Crippen LogP contribution < -0.4 is 14.4 Å². The van der Waals surface area contributed by atoms with Gasteiger partial charge in [0.25, 0.3) is 0 Å². The summed E-state index contributed by atoms with van der Waals surface area (Å²) in [6, 6.07) is 31.0. The first-order valence-electron chi connectivity index (χ1n) is 17.6. The highest BCUT2D eigenvalue weighted by Gasteiger charge is 2.45. The predicted molar refractivity (Wildman–Crippen MR) is 212 cm³/mol. The molecule has 0 radical (unpaired) electrons. The van der Waals surface area contributed by atoms with E-state index < -0.39 is 5.60 Å². The van der Waals surface area contributed by atoms with Crippen molar-refractivity contribution in [3.8, 4) is 28.4 Å². The van der Waals surface area contributed by atoms with Crippen LogP contribution in [0.1, 0.15) is 39.2 Å². The normalized spacial score (nSPS) is 17.0. The summed E-state index contributed by atoms with van der Waals surface area (Å²) in [4.78, 5) is 26.8.